The van der Waals surface area contributed by atoms with Gasteiger partial charge in [0.1, 0.15) is 0 Å². The standard InChI is InChI=1S/C19H28ClN3/c1-5-23(6-2)11-7-8-14(3)21-18-12-15(4)22-19-13-16(20)9-10-17(18)19/h9-10,12-14H,5-8,11H2,1-4H3,(H,21,22)/p+2/t14-/m1/s1. The maximum Gasteiger partial charge on any atom is 0.214 e. The van der Waals surface area contributed by atoms with Crippen LogP contribution in [0.25, 0.3) is 10.9 Å². The second kappa shape index (κ2) is 8.51. The molecule has 0 saturated carbocycles. The van der Waals surface area contributed by atoms with Crippen LogP contribution in [0.2, 0.25) is 5.02 Å². The maximum atomic E-state index is 6.11. The van der Waals surface area contributed by atoms with Crippen molar-refractivity contribution >= 4 is 28.2 Å². The van der Waals surface area contributed by atoms with E-state index in [9.17, 15) is 0 Å². The van der Waals surface area contributed by atoms with Crippen molar-refractivity contribution in [3.63, 3.8) is 0 Å². The Morgan fingerprint density at radius 1 is 1.22 bits per heavy atom. The van der Waals surface area contributed by atoms with Gasteiger partial charge in [-0.25, -0.2) is 4.98 Å². The van der Waals surface area contributed by atoms with Crippen LogP contribution in [0.5, 0.6) is 0 Å². The molecule has 0 bridgehead atoms. The number of quaternary nitrogens is 1. The molecule has 1 aromatic heterocycles. The van der Waals surface area contributed by atoms with Crippen LogP contribution in [-0.2, 0) is 0 Å². The summed E-state index contributed by atoms with van der Waals surface area (Å²) in [5.41, 5.74) is 3.41. The van der Waals surface area contributed by atoms with E-state index in [1.165, 1.54) is 43.5 Å². The quantitative estimate of drug-likeness (QED) is 0.763. The predicted octanol–water partition coefficient (Wildman–Crippen LogP) is 3.12. The zero-order valence-corrected chi connectivity index (χ0v) is 15.6. The van der Waals surface area contributed by atoms with Gasteiger partial charge in [0.2, 0.25) is 5.52 Å². The molecule has 2 rings (SSSR count). The number of anilines is 1. The molecule has 1 aromatic carbocycles. The first-order valence-electron chi connectivity index (χ1n) is 8.75. The van der Waals surface area contributed by atoms with Crippen molar-refractivity contribution in [3.05, 3.63) is 35.0 Å². The van der Waals surface area contributed by atoms with Gasteiger partial charge in [-0.1, -0.05) is 11.6 Å². The Kier molecular flexibility index (Phi) is 6.67. The molecule has 0 unspecified atom stereocenters. The van der Waals surface area contributed by atoms with Crippen LogP contribution < -0.4 is 15.2 Å². The Bertz CT molecular complexity index is 633. The number of benzene rings is 1. The van der Waals surface area contributed by atoms with Crippen molar-refractivity contribution in [2.45, 2.75) is 46.6 Å². The lowest BCUT2D eigenvalue weighted by atomic mass is 10.1. The average Bonchev–Trinajstić information content (AvgIpc) is 2.51. The zero-order chi connectivity index (χ0) is 16.8. The fourth-order valence-electron chi connectivity index (χ4n) is 3.12. The molecule has 0 radical (unpaired) electrons. The molecule has 0 spiro atoms. The molecule has 23 heavy (non-hydrogen) atoms. The number of rotatable bonds is 8. The number of hydrogen-bond acceptors (Lipinski definition) is 1. The van der Waals surface area contributed by atoms with Crippen LogP contribution in [0.4, 0.5) is 5.69 Å². The van der Waals surface area contributed by atoms with E-state index in [2.05, 4.69) is 50.1 Å². The molecule has 0 aliphatic rings. The summed E-state index contributed by atoms with van der Waals surface area (Å²) in [5, 5.41) is 5.64. The summed E-state index contributed by atoms with van der Waals surface area (Å²) in [6.07, 6.45) is 2.45. The Morgan fingerprint density at radius 3 is 2.65 bits per heavy atom. The van der Waals surface area contributed by atoms with E-state index in [1.807, 2.05) is 12.1 Å². The molecule has 1 atom stereocenters. The maximum absolute atomic E-state index is 6.11. The van der Waals surface area contributed by atoms with Crippen molar-refractivity contribution in [1.82, 2.24) is 0 Å². The fraction of sp³-hybridized carbons (Fsp3) is 0.526. The van der Waals surface area contributed by atoms with E-state index >= 15 is 0 Å². The summed E-state index contributed by atoms with van der Waals surface area (Å²) in [5.74, 6) is 0. The van der Waals surface area contributed by atoms with Crippen molar-refractivity contribution in [3.8, 4) is 0 Å². The number of halogens is 1. The van der Waals surface area contributed by atoms with Gasteiger partial charge in [0, 0.05) is 30.1 Å². The second-order valence-electron chi connectivity index (χ2n) is 6.45. The molecule has 0 saturated heterocycles. The summed E-state index contributed by atoms with van der Waals surface area (Å²) < 4.78 is 0. The number of aryl methyl sites for hydroxylation is 1. The third kappa shape index (κ3) is 5.08. The number of hydrogen-bond donors (Lipinski definition) is 2. The van der Waals surface area contributed by atoms with Gasteiger partial charge in [-0.3, -0.25) is 0 Å². The van der Waals surface area contributed by atoms with Crippen LogP contribution in [0.15, 0.2) is 24.3 Å². The Hall–Kier alpha value is -1.32. The van der Waals surface area contributed by atoms with E-state index in [0.717, 1.165) is 16.2 Å². The van der Waals surface area contributed by atoms with Crippen molar-refractivity contribution in [2.75, 3.05) is 25.0 Å². The molecule has 0 aliphatic heterocycles. The Labute approximate surface area is 145 Å². The van der Waals surface area contributed by atoms with Crippen molar-refractivity contribution in [1.29, 1.82) is 0 Å². The van der Waals surface area contributed by atoms with Crippen molar-refractivity contribution in [2.24, 2.45) is 0 Å². The highest BCUT2D eigenvalue weighted by molar-refractivity contribution is 6.31. The van der Waals surface area contributed by atoms with Crippen LogP contribution in [0.3, 0.4) is 0 Å². The van der Waals surface area contributed by atoms with Gasteiger partial charge in [0.05, 0.1) is 30.7 Å². The van der Waals surface area contributed by atoms with E-state index in [0.29, 0.717) is 6.04 Å². The van der Waals surface area contributed by atoms with Gasteiger partial charge in [0.25, 0.3) is 0 Å². The molecule has 126 valence electrons. The SMILES string of the molecule is CC[NH+](CC)CCC[C@@H](C)Nc1cc(C)[nH+]c2cc(Cl)ccc12. The molecular formula is C19H30ClN3+2. The molecule has 4 heteroatoms. The van der Waals surface area contributed by atoms with E-state index in [-0.39, 0.29) is 0 Å². The molecule has 0 amide bonds. The number of H-pyrrole nitrogens is 1. The average molecular weight is 336 g/mol. The van der Waals surface area contributed by atoms with Gasteiger partial charge in [-0.2, -0.15) is 0 Å². The lowest BCUT2D eigenvalue weighted by Gasteiger charge is -2.19. The van der Waals surface area contributed by atoms with Gasteiger partial charge in [-0.05, 0) is 45.7 Å². The minimum absolute atomic E-state index is 0.464. The van der Waals surface area contributed by atoms with Crippen LogP contribution in [-0.4, -0.2) is 25.7 Å². The smallest absolute Gasteiger partial charge is 0.214 e. The van der Waals surface area contributed by atoms with Crippen molar-refractivity contribution < 1.29 is 9.88 Å². The number of aromatic amines is 1. The van der Waals surface area contributed by atoms with Gasteiger partial charge < -0.3 is 10.2 Å². The number of fused-ring (bicyclic) bond motifs is 1. The summed E-state index contributed by atoms with van der Waals surface area (Å²) in [4.78, 5) is 5.07. The molecule has 1 heterocycles. The van der Waals surface area contributed by atoms with E-state index in [4.69, 9.17) is 11.6 Å². The second-order valence-corrected chi connectivity index (χ2v) is 6.89. The largest absolute Gasteiger partial charge is 0.382 e. The number of pyridine rings is 1. The fourth-order valence-corrected chi connectivity index (χ4v) is 3.29. The third-order valence-corrected chi connectivity index (χ3v) is 4.77. The predicted molar refractivity (Wildman–Crippen MR) is 99.5 cm³/mol. The summed E-state index contributed by atoms with van der Waals surface area (Å²) >= 11 is 6.11. The van der Waals surface area contributed by atoms with Crippen LogP contribution in [0, 0.1) is 6.92 Å². The molecule has 2 aromatic rings. The molecule has 0 aliphatic carbocycles. The summed E-state index contributed by atoms with van der Waals surface area (Å²) in [6.45, 7) is 12.6. The number of aromatic nitrogens is 1. The van der Waals surface area contributed by atoms with Gasteiger partial charge in [0.15, 0.2) is 5.69 Å². The highest BCUT2D eigenvalue weighted by Gasteiger charge is 2.12. The summed E-state index contributed by atoms with van der Waals surface area (Å²) in [6, 6.07) is 8.67. The number of nitrogens with one attached hydrogen (secondary N) is 3. The highest BCUT2D eigenvalue weighted by atomic mass is 35.5. The molecule has 3 N–H and O–H groups in total. The first-order valence-corrected chi connectivity index (χ1v) is 9.13. The first-order chi connectivity index (χ1) is 11.0. The normalized spacial score (nSPS) is 12.8. The van der Waals surface area contributed by atoms with Gasteiger partial charge in [-0.15, -0.1) is 0 Å². The van der Waals surface area contributed by atoms with Crippen LogP contribution >= 0.6 is 11.6 Å². The molecular weight excluding hydrogens is 306 g/mol. The summed E-state index contributed by atoms with van der Waals surface area (Å²) in [7, 11) is 0. The topological polar surface area (TPSA) is 30.6 Å². The van der Waals surface area contributed by atoms with E-state index in [1.54, 1.807) is 4.90 Å². The lowest BCUT2D eigenvalue weighted by Crippen LogP contribution is -3.11. The minimum Gasteiger partial charge on any atom is -0.382 e. The third-order valence-electron chi connectivity index (χ3n) is 4.53. The monoisotopic (exact) mass is 335 g/mol. The minimum atomic E-state index is 0.464. The zero-order valence-electron chi connectivity index (χ0n) is 14.8. The molecule has 3 nitrogen and oxygen atoms in total. The first kappa shape index (κ1) is 18.0. The van der Waals surface area contributed by atoms with Crippen LogP contribution in [0.1, 0.15) is 39.3 Å². The van der Waals surface area contributed by atoms with Gasteiger partial charge >= 0.3 is 0 Å². The Morgan fingerprint density at radius 2 is 1.96 bits per heavy atom. The van der Waals surface area contributed by atoms with E-state index < -0.39 is 0 Å². The Balaban J connectivity index is 2.03. The molecule has 0 fully saturated rings. The lowest BCUT2D eigenvalue weighted by molar-refractivity contribution is -0.896. The highest BCUT2D eigenvalue weighted by Crippen LogP contribution is 2.24.